The maximum Gasteiger partial charge on any atom is 0.294 e. The van der Waals surface area contributed by atoms with Crippen LogP contribution < -0.4 is 4.31 Å². The van der Waals surface area contributed by atoms with E-state index in [2.05, 4.69) is 10.2 Å². The third-order valence-corrected chi connectivity index (χ3v) is 8.06. The zero-order chi connectivity index (χ0) is 25.2. The van der Waals surface area contributed by atoms with Crippen molar-refractivity contribution >= 4 is 48.0 Å². The van der Waals surface area contributed by atoms with Gasteiger partial charge in [-0.2, -0.15) is 8.42 Å². The van der Waals surface area contributed by atoms with Crippen molar-refractivity contribution in [1.29, 1.82) is 0 Å². The summed E-state index contributed by atoms with van der Waals surface area (Å²) in [6, 6.07) is 21.4. The van der Waals surface area contributed by atoms with Crippen LogP contribution in [0.1, 0.15) is 6.92 Å². The first-order chi connectivity index (χ1) is 16.6. The second-order valence-electron chi connectivity index (χ2n) is 7.46. The number of anilines is 1. The molecule has 0 amide bonds. The number of aromatic hydroxyl groups is 1. The van der Waals surface area contributed by atoms with E-state index in [0.29, 0.717) is 16.5 Å². The quantitative estimate of drug-likeness (QED) is 0.251. The van der Waals surface area contributed by atoms with E-state index in [1.165, 1.54) is 46.8 Å². The molecule has 0 heterocycles. The van der Waals surface area contributed by atoms with Crippen molar-refractivity contribution in [3.63, 3.8) is 0 Å². The number of hydrogen-bond acceptors (Lipinski definition) is 7. The largest absolute Gasteiger partial charge is 0.506 e. The smallest absolute Gasteiger partial charge is 0.294 e. The molecule has 0 aliphatic rings. The van der Waals surface area contributed by atoms with E-state index in [-0.39, 0.29) is 33.5 Å². The zero-order valence-corrected chi connectivity index (χ0v) is 20.1. The second kappa shape index (κ2) is 9.45. The molecule has 0 bridgehead atoms. The van der Waals surface area contributed by atoms with Crippen LogP contribution in [0.5, 0.6) is 5.75 Å². The lowest BCUT2D eigenvalue weighted by atomic mass is 10.1. The predicted octanol–water partition coefficient (Wildman–Crippen LogP) is 5.42. The van der Waals surface area contributed by atoms with Gasteiger partial charge in [0.05, 0.1) is 10.6 Å². The van der Waals surface area contributed by atoms with E-state index in [1.54, 1.807) is 49.4 Å². The highest BCUT2D eigenvalue weighted by Crippen LogP contribution is 2.38. The molecule has 0 aliphatic carbocycles. The molecule has 4 rings (SSSR count). The summed E-state index contributed by atoms with van der Waals surface area (Å²) in [7, 11) is -8.41. The SMILES string of the molecule is CCN(c1ccccc1)S(=O)(=O)c1ccccc1N=Nc1c(O)ccc2cc(S(=O)(=O)O)ccc12. The molecule has 180 valence electrons. The first-order valence-corrected chi connectivity index (χ1v) is 13.3. The third-order valence-electron chi connectivity index (χ3n) is 5.26. The molecule has 0 aliphatic heterocycles. The van der Waals surface area contributed by atoms with Gasteiger partial charge in [-0.3, -0.25) is 8.86 Å². The summed E-state index contributed by atoms with van der Waals surface area (Å²) in [5, 5.41) is 19.4. The number of phenols is 1. The van der Waals surface area contributed by atoms with Crippen LogP contribution in [0.4, 0.5) is 17.1 Å². The minimum absolute atomic E-state index is 0.0204. The number of fused-ring (bicyclic) bond motifs is 1. The molecule has 4 aromatic rings. The molecule has 0 saturated carbocycles. The van der Waals surface area contributed by atoms with Crippen molar-refractivity contribution in [2.75, 3.05) is 10.8 Å². The number of azo groups is 1. The summed E-state index contributed by atoms with van der Waals surface area (Å²) in [6.45, 7) is 1.92. The Bertz CT molecular complexity index is 1640. The van der Waals surface area contributed by atoms with Crippen LogP contribution in [0.3, 0.4) is 0 Å². The lowest BCUT2D eigenvalue weighted by Crippen LogP contribution is -2.30. The highest BCUT2D eigenvalue weighted by Gasteiger charge is 2.26. The van der Waals surface area contributed by atoms with Gasteiger partial charge in [-0.15, -0.1) is 10.2 Å². The molecule has 4 aromatic carbocycles. The molecule has 9 nitrogen and oxygen atoms in total. The van der Waals surface area contributed by atoms with Gasteiger partial charge in [0.1, 0.15) is 22.0 Å². The molecule has 11 heteroatoms. The maximum atomic E-state index is 13.5. The maximum absolute atomic E-state index is 13.5. The Hall–Kier alpha value is -3.80. The summed E-state index contributed by atoms with van der Waals surface area (Å²) >= 11 is 0. The zero-order valence-electron chi connectivity index (χ0n) is 18.5. The van der Waals surface area contributed by atoms with E-state index < -0.39 is 20.1 Å². The Labute approximate surface area is 202 Å². The normalized spacial score (nSPS) is 12.3. The average molecular weight is 512 g/mol. The first-order valence-electron chi connectivity index (χ1n) is 10.4. The number of rotatable bonds is 7. The molecular formula is C24H21N3O6S2. The van der Waals surface area contributed by atoms with Crippen LogP contribution in [-0.4, -0.2) is 33.0 Å². The standard InChI is InChI=1S/C24H21N3O6S2/c1-2-27(18-8-4-3-5-9-18)34(29,30)23-11-7-6-10-21(23)25-26-24-20-14-13-19(35(31,32)33)16-17(20)12-15-22(24)28/h3-16,28H,2H2,1H3,(H,31,32,33). The summed E-state index contributed by atoms with van der Waals surface area (Å²) in [6.07, 6.45) is 0. The Kier molecular flexibility index (Phi) is 6.57. The Morgan fingerprint density at radius 2 is 1.51 bits per heavy atom. The number of para-hydroxylation sites is 1. The highest BCUT2D eigenvalue weighted by molar-refractivity contribution is 7.93. The van der Waals surface area contributed by atoms with Gasteiger partial charge in [0.25, 0.3) is 20.1 Å². The summed E-state index contributed by atoms with van der Waals surface area (Å²) in [5.74, 6) is -0.235. The van der Waals surface area contributed by atoms with Crippen LogP contribution in [0.25, 0.3) is 10.8 Å². The van der Waals surface area contributed by atoms with Gasteiger partial charge in [-0.05, 0) is 54.8 Å². The fourth-order valence-corrected chi connectivity index (χ4v) is 5.73. The number of nitrogens with zero attached hydrogens (tertiary/aromatic N) is 3. The molecule has 0 aromatic heterocycles. The van der Waals surface area contributed by atoms with Gasteiger partial charge in [0.2, 0.25) is 0 Å². The molecule has 0 saturated heterocycles. The monoisotopic (exact) mass is 511 g/mol. The molecule has 35 heavy (non-hydrogen) atoms. The number of sulfonamides is 1. The second-order valence-corrected chi connectivity index (χ2v) is 10.7. The number of benzene rings is 4. The van der Waals surface area contributed by atoms with E-state index in [4.69, 9.17) is 0 Å². The fourth-order valence-electron chi connectivity index (χ4n) is 3.61. The highest BCUT2D eigenvalue weighted by atomic mass is 32.2. The van der Waals surface area contributed by atoms with Gasteiger partial charge >= 0.3 is 0 Å². The molecule has 0 spiro atoms. The van der Waals surface area contributed by atoms with Crippen molar-refractivity contribution in [3.8, 4) is 5.75 Å². The van der Waals surface area contributed by atoms with Gasteiger partial charge in [-0.25, -0.2) is 8.42 Å². The van der Waals surface area contributed by atoms with Crippen molar-refractivity contribution in [2.24, 2.45) is 10.2 Å². The van der Waals surface area contributed by atoms with Crippen LogP contribution >= 0.6 is 0 Å². The van der Waals surface area contributed by atoms with E-state index in [1.807, 2.05) is 0 Å². The molecular weight excluding hydrogens is 490 g/mol. The molecule has 0 fully saturated rings. The van der Waals surface area contributed by atoms with Gasteiger partial charge < -0.3 is 5.11 Å². The van der Waals surface area contributed by atoms with Gasteiger partial charge in [0.15, 0.2) is 0 Å². The third kappa shape index (κ3) is 4.87. The number of phenolic OH excluding ortho intramolecular Hbond substituents is 1. The average Bonchev–Trinajstić information content (AvgIpc) is 2.83. The first kappa shape index (κ1) is 24.3. The number of hydrogen-bond donors (Lipinski definition) is 2. The van der Waals surface area contributed by atoms with Crippen molar-refractivity contribution < 1.29 is 26.5 Å². The van der Waals surface area contributed by atoms with Crippen LogP contribution in [0.2, 0.25) is 0 Å². The summed E-state index contributed by atoms with van der Waals surface area (Å²) in [4.78, 5) is -0.376. The topological polar surface area (TPSA) is 137 Å². The van der Waals surface area contributed by atoms with Crippen LogP contribution in [0.15, 0.2) is 105 Å². The fraction of sp³-hybridized carbons (Fsp3) is 0.0833. The Morgan fingerprint density at radius 1 is 0.829 bits per heavy atom. The van der Waals surface area contributed by atoms with E-state index >= 15 is 0 Å². The molecule has 0 radical (unpaired) electrons. The van der Waals surface area contributed by atoms with Gasteiger partial charge in [-0.1, -0.05) is 42.5 Å². The summed E-state index contributed by atoms with van der Waals surface area (Å²) in [5.41, 5.74) is 0.586. The van der Waals surface area contributed by atoms with Crippen LogP contribution in [-0.2, 0) is 20.1 Å². The lowest BCUT2D eigenvalue weighted by Gasteiger charge is -2.23. The van der Waals surface area contributed by atoms with E-state index in [9.17, 15) is 26.5 Å². The van der Waals surface area contributed by atoms with E-state index in [0.717, 1.165) is 0 Å². The summed E-state index contributed by atoms with van der Waals surface area (Å²) < 4.78 is 60.5. The minimum Gasteiger partial charge on any atom is -0.506 e. The lowest BCUT2D eigenvalue weighted by molar-refractivity contribution is 0.477. The molecule has 0 unspecified atom stereocenters. The minimum atomic E-state index is -4.42. The molecule has 0 atom stereocenters. The Morgan fingerprint density at radius 3 is 2.20 bits per heavy atom. The molecule has 2 N–H and O–H groups in total. The van der Waals surface area contributed by atoms with Crippen molar-refractivity contribution in [2.45, 2.75) is 16.7 Å². The van der Waals surface area contributed by atoms with Crippen molar-refractivity contribution in [1.82, 2.24) is 0 Å². The Balaban J connectivity index is 1.80. The van der Waals surface area contributed by atoms with Crippen molar-refractivity contribution in [3.05, 3.63) is 84.9 Å². The predicted molar refractivity (Wildman–Crippen MR) is 133 cm³/mol. The van der Waals surface area contributed by atoms with Crippen LogP contribution in [0, 0.1) is 0 Å². The van der Waals surface area contributed by atoms with Gasteiger partial charge in [0, 0.05) is 11.9 Å².